The molecule has 1 aromatic carbocycles. The first kappa shape index (κ1) is 18.8. The summed E-state index contributed by atoms with van der Waals surface area (Å²) in [5.74, 6) is 0.305. The molecule has 1 aliphatic heterocycles. The van der Waals surface area contributed by atoms with Gasteiger partial charge in [0.2, 0.25) is 0 Å². The largest absolute Gasteiger partial charge is 0.484 e. The highest BCUT2D eigenvalue weighted by Crippen LogP contribution is 2.40. The molecule has 8 heteroatoms. The van der Waals surface area contributed by atoms with E-state index in [1.807, 2.05) is 18.7 Å². The smallest absolute Gasteiger partial charge is 0.165 e. The van der Waals surface area contributed by atoms with E-state index in [0.717, 1.165) is 12.8 Å². The Labute approximate surface area is 162 Å². The average Bonchev–Trinajstić information content (AvgIpc) is 3.36. The number of hydrogen-bond donors (Lipinski definition) is 3. The van der Waals surface area contributed by atoms with Crippen molar-refractivity contribution in [1.29, 1.82) is 5.41 Å². The summed E-state index contributed by atoms with van der Waals surface area (Å²) in [7, 11) is 0. The molecule has 2 aromatic rings. The van der Waals surface area contributed by atoms with Crippen LogP contribution in [0.2, 0.25) is 0 Å². The Hall–Kier alpha value is -2.58. The summed E-state index contributed by atoms with van der Waals surface area (Å²) < 4.78 is 19.9. The van der Waals surface area contributed by atoms with Gasteiger partial charge in [0.15, 0.2) is 11.6 Å². The number of halogens is 1. The van der Waals surface area contributed by atoms with E-state index >= 15 is 0 Å². The van der Waals surface area contributed by atoms with E-state index in [0.29, 0.717) is 23.6 Å². The molecule has 148 valence electrons. The van der Waals surface area contributed by atoms with Crippen molar-refractivity contribution in [3.8, 4) is 5.75 Å². The topological polar surface area (TPSA) is 108 Å². The number of nitrogens with zero attached hydrogens (tertiary/aromatic N) is 3. The van der Waals surface area contributed by atoms with Gasteiger partial charge in [-0.05, 0) is 44.9 Å². The third kappa shape index (κ3) is 3.45. The third-order valence-electron chi connectivity index (χ3n) is 5.61. The van der Waals surface area contributed by atoms with Gasteiger partial charge in [0.25, 0.3) is 0 Å². The molecule has 1 saturated heterocycles. The van der Waals surface area contributed by atoms with Gasteiger partial charge in [-0.2, -0.15) is 0 Å². The summed E-state index contributed by atoms with van der Waals surface area (Å²) in [6, 6.07) is 5.64. The van der Waals surface area contributed by atoms with Crippen LogP contribution in [0, 0.1) is 11.2 Å². The Kier molecular flexibility index (Phi) is 4.55. The van der Waals surface area contributed by atoms with Crippen LogP contribution in [0.15, 0.2) is 30.6 Å². The van der Waals surface area contributed by atoms with E-state index < -0.39 is 11.9 Å². The molecule has 1 saturated carbocycles. The van der Waals surface area contributed by atoms with Crippen molar-refractivity contribution in [2.24, 2.45) is 5.73 Å². The lowest BCUT2D eigenvalue weighted by Gasteiger charge is -2.23. The first-order chi connectivity index (χ1) is 13.3. The fourth-order valence-electron chi connectivity index (χ4n) is 3.39. The highest BCUT2D eigenvalue weighted by molar-refractivity contribution is 6.10. The van der Waals surface area contributed by atoms with Crippen molar-refractivity contribution in [3.05, 3.63) is 47.7 Å². The van der Waals surface area contributed by atoms with Gasteiger partial charge in [-0.15, -0.1) is 0 Å². The number of nitrogens with two attached hydrogens (primary N) is 1. The van der Waals surface area contributed by atoms with Gasteiger partial charge >= 0.3 is 0 Å². The van der Waals surface area contributed by atoms with Gasteiger partial charge in [-0.25, -0.2) is 14.4 Å². The van der Waals surface area contributed by atoms with Crippen LogP contribution in [-0.2, 0) is 0 Å². The van der Waals surface area contributed by atoms with Crippen molar-refractivity contribution in [3.63, 3.8) is 0 Å². The molecule has 2 fully saturated rings. The molecule has 0 spiro atoms. The Morgan fingerprint density at radius 1 is 1.36 bits per heavy atom. The summed E-state index contributed by atoms with van der Waals surface area (Å²) in [5.41, 5.74) is 6.75. The number of rotatable bonds is 5. The second-order valence-electron chi connectivity index (χ2n) is 7.87. The predicted molar refractivity (Wildman–Crippen MR) is 103 cm³/mol. The Bertz CT molecular complexity index is 917. The van der Waals surface area contributed by atoms with E-state index in [4.69, 9.17) is 15.9 Å². The number of nitrogens with one attached hydrogen (secondary N) is 1. The van der Waals surface area contributed by atoms with Crippen LogP contribution >= 0.6 is 0 Å². The third-order valence-corrected chi connectivity index (χ3v) is 5.61. The second-order valence-corrected chi connectivity index (χ2v) is 7.87. The minimum Gasteiger partial charge on any atom is -0.484 e. The lowest BCUT2D eigenvalue weighted by atomic mass is 10.1. The number of anilines is 1. The summed E-state index contributed by atoms with van der Waals surface area (Å²) in [6.45, 7) is 4.24. The van der Waals surface area contributed by atoms with Crippen molar-refractivity contribution >= 4 is 11.5 Å². The van der Waals surface area contributed by atoms with E-state index in [9.17, 15) is 9.50 Å². The van der Waals surface area contributed by atoms with Crippen LogP contribution < -0.4 is 15.4 Å². The number of aromatic nitrogens is 2. The van der Waals surface area contributed by atoms with Gasteiger partial charge in [-0.3, -0.25) is 5.41 Å². The fourth-order valence-corrected chi connectivity index (χ4v) is 3.39. The molecular weight excluding hydrogens is 361 g/mol. The Morgan fingerprint density at radius 3 is 2.75 bits per heavy atom. The molecule has 0 bridgehead atoms. The van der Waals surface area contributed by atoms with Crippen LogP contribution in [0.1, 0.15) is 37.9 Å². The summed E-state index contributed by atoms with van der Waals surface area (Å²) >= 11 is 0. The molecule has 0 amide bonds. The van der Waals surface area contributed by atoms with Crippen molar-refractivity contribution < 1.29 is 14.2 Å². The quantitative estimate of drug-likeness (QED) is 0.678. The number of aliphatic hydroxyl groups excluding tert-OH is 1. The number of hydrogen-bond acceptors (Lipinski definition) is 7. The van der Waals surface area contributed by atoms with Gasteiger partial charge in [0.05, 0.1) is 23.6 Å². The monoisotopic (exact) mass is 385 g/mol. The highest BCUT2D eigenvalue weighted by atomic mass is 19.1. The number of benzene rings is 1. The fraction of sp³-hybridized carbons (Fsp3) is 0.450. The zero-order valence-corrected chi connectivity index (χ0v) is 15.9. The van der Waals surface area contributed by atoms with Gasteiger partial charge < -0.3 is 20.5 Å². The summed E-state index contributed by atoms with van der Waals surface area (Å²) in [4.78, 5) is 10.4. The molecule has 0 radical (unpaired) electrons. The van der Waals surface area contributed by atoms with E-state index in [2.05, 4.69) is 9.97 Å². The maximum Gasteiger partial charge on any atom is 0.165 e. The number of β-amino-alcohol motifs (C(OH)–C–C–N with tert-alkyl or cyclic N) is 1. The Balaban J connectivity index is 1.60. The normalized spacial score (nSPS) is 25.6. The second kappa shape index (κ2) is 6.79. The summed E-state index contributed by atoms with van der Waals surface area (Å²) in [5, 5.41) is 18.5. The minimum atomic E-state index is -0.631. The number of ether oxygens (including phenoxy) is 1. The minimum absolute atomic E-state index is 0.0861. The average molecular weight is 385 g/mol. The van der Waals surface area contributed by atoms with Crippen LogP contribution in [0.3, 0.4) is 0 Å². The maximum atomic E-state index is 14.1. The summed E-state index contributed by atoms with van der Waals surface area (Å²) in [6.07, 6.45) is 2.54. The zero-order valence-electron chi connectivity index (χ0n) is 15.9. The predicted octanol–water partition coefficient (Wildman–Crippen LogP) is 1.86. The molecular formula is C20H24FN5O2. The molecule has 3 atom stereocenters. The lowest BCUT2D eigenvalue weighted by Crippen LogP contribution is -2.40. The molecule has 0 unspecified atom stereocenters. The van der Waals surface area contributed by atoms with E-state index in [1.54, 1.807) is 18.2 Å². The van der Waals surface area contributed by atoms with Gasteiger partial charge in [-0.1, -0.05) is 0 Å². The first-order valence-corrected chi connectivity index (χ1v) is 9.38. The molecule has 28 heavy (non-hydrogen) atoms. The van der Waals surface area contributed by atoms with E-state index in [-0.39, 0.29) is 29.1 Å². The maximum absolute atomic E-state index is 14.1. The molecule has 2 heterocycles. The highest BCUT2D eigenvalue weighted by Gasteiger charge is 2.40. The van der Waals surface area contributed by atoms with Gasteiger partial charge in [0.1, 0.15) is 17.7 Å². The molecule has 4 rings (SSSR count). The van der Waals surface area contributed by atoms with Crippen LogP contribution in [0.4, 0.5) is 10.2 Å². The molecule has 1 aliphatic carbocycles. The van der Waals surface area contributed by atoms with E-state index in [1.165, 1.54) is 12.4 Å². The van der Waals surface area contributed by atoms with Crippen LogP contribution in [-0.4, -0.2) is 51.1 Å². The van der Waals surface area contributed by atoms with Crippen LogP contribution in [0.25, 0.3) is 0 Å². The zero-order chi connectivity index (χ0) is 20.1. The number of aliphatic hydroxyl groups is 1. The van der Waals surface area contributed by atoms with Gasteiger partial charge in [0, 0.05) is 24.2 Å². The molecule has 2 aliphatic rings. The van der Waals surface area contributed by atoms with Crippen molar-refractivity contribution in [1.82, 2.24) is 9.97 Å². The molecule has 7 nitrogen and oxygen atoms in total. The van der Waals surface area contributed by atoms with Crippen LogP contribution in [0.5, 0.6) is 5.75 Å². The Morgan fingerprint density at radius 2 is 2.11 bits per heavy atom. The molecule has 4 N–H and O–H groups in total. The SMILES string of the molecule is C[C@H]1[C@H](N)[C@@H](O)CN1c1cc(C(=N)c2ccc(F)c(OC3(C)CC3)c2)ncn1. The first-order valence-electron chi connectivity index (χ1n) is 9.38. The van der Waals surface area contributed by atoms with Crippen molar-refractivity contribution in [2.45, 2.75) is 50.5 Å². The molecule has 1 aromatic heterocycles. The standard InChI is InChI=1S/C20H24FN5O2/c1-11-18(22)15(27)9-26(11)17-8-14(24-10-25-17)19(23)12-3-4-13(21)16(7-12)28-20(2)5-6-20/h3-4,7-8,10-11,15,18,23,27H,5-6,9,22H2,1-2H3/t11-,15-,18-/m0/s1. The van der Waals surface area contributed by atoms with Crippen molar-refractivity contribution in [2.75, 3.05) is 11.4 Å². The lowest BCUT2D eigenvalue weighted by molar-refractivity contribution is 0.175.